The predicted molar refractivity (Wildman–Crippen MR) is 210 cm³/mol. The smallest absolute Gasteiger partial charge is 0.137 e. The normalized spacial score (nSPS) is 11.7. The Hall–Kier alpha value is -6.16. The summed E-state index contributed by atoms with van der Waals surface area (Å²) in [7, 11) is 0. The van der Waals surface area contributed by atoms with E-state index in [1.54, 1.807) is 0 Å². The minimum absolute atomic E-state index is 0.876. The van der Waals surface area contributed by atoms with Crippen molar-refractivity contribution in [3.63, 3.8) is 0 Å². The van der Waals surface area contributed by atoms with Crippen LogP contribution in [0.3, 0.4) is 0 Å². The maximum absolute atomic E-state index is 6.38. The summed E-state index contributed by atoms with van der Waals surface area (Å²) in [6.45, 7) is 0. The number of rotatable bonds is 5. The summed E-state index contributed by atoms with van der Waals surface area (Å²) in [5.74, 6) is 0. The third kappa shape index (κ3) is 4.62. The molecular formula is C46H29NOS. The molecule has 8 aromatic carbocycles. The monoisotopic (exact) mass is 643 g/mol. The molecule has 0 saturated heterocycles. The van der Waals surface area contributed by atoms with Gasteiger partial charge >= 0.3 is 0 Å². The molecule has 0 aliphatic carbocycles. The van der Waals surface area contributed by atoms with E-state index >= 15 is 0 Å². The van der Waals surface area contributed by atoms with Gasteiger partial charge in [-0.3, -0.25) is 0 Å². The second-order valence-electron chi connectivity index (χ2n) is 12.5. The lowest BCUT2D eigenvalue weighted by atomic mass is 9.97. The summed E-state index contributed by atoms with van der Waals surface area (Å²) < 4.78 is 9.01. The SMILES string of the molecule is c1cc(-c2cccc3ccccc23)cc(N(c2ccc(-c3cccc4sc5ccccc5c34)cc2)c2ccc3c(c2)oc2ccccc23)c1. The maximum Gasteiger partial charge on any atom is 0.137 e. The van der Waals surface area contributed by atoms with Crippen molar-refractivity contribution in [1.82, 2.24) is 0 Å². The van der Waals surface area contributed by atoms with E-state index in [1.165, 1.54) is 53.2 Å². The molecule has 0 aliphatic rings. The summed E-state index contributed by atoms with van der Waals surface area (Å²) in [5, 5.41) is 7.38. The molecule has 0 radical (unpaired) electrons. The van der Waals surface area contributed by atoms with Gasteiger partial charge in [0.25, 0.3) is 0 Å². The van der Waals surface area contributed by atoms with Crippen LogP contribution in [0.5, 0.6) is 0 Å². The zero-order chi connectivity index (χ0) is 32.3. The van der Waals surface area contributed by atoms with Crippen LogP contribution in [-0.4, -0.2) is 0 Å². The molecule has 3 heteroatoms. The van der Waals surface area contributed by atoms with Gasteiger partial charge in [-0.2, -0.15) is 0 Å². The van der Waals surface area contributed by atoms with Crippen molar-refractivity contribution in [3.8, 4) is 22.3 Å². The highest BCUT2D eigenvalue weighted by molar-refractivity contribution is 7.25. The van der Waals surface area contributed by atoms with Gasteiger partial charge in [0.2, 0.25) is 0 Å². The minimum Gasteiger partial charge on any atom is -0.456 e. The van der Waals surface area contributed by atoms with Gasteiger partial charge in [-0.1, -0.05) is 115 Å². The van der Waals surface area contributed by atoms with E-state index in [9.17, 15) is 0 Å². The summed E-state index contributed by atoms with van der Waals surface area (Å²) in [6.07, 6.45) is 0. The van der Waals surface area contributed by atoms with Crippen molar-refractivity contribution in [2.75, 3.05) is 4.90 Å². The standard InChI is InChI=1S/C46H29NOS/c1-2-14-36-30(10-1)11-8-17-37(36)32-12-7-13-34(28-32)47(35-26-27-40-39-15-3-5-19-42(39)48-43(40)29-35)33-24-22-31(23-25-33)38-18-9-21-45-46(38)41-16-4-6-20-44(41)49-45/h1-29H. The molecule has 0 N–H and O–H groups in total. The second kappa shape index (κ2) is 11.2. The van der Waals surface area contributed by atoms with E-state index in [2.05, 4.69) is 169 Å². The van der Waals surface area contributed by atoms with Crippen LogP contribution in [0.25, 0.3) is 75.1 Å². The first kappa shape index (κ1) is 27.9. The molecule has 0 spiro atoms. The lowest BCUT2D eigenvalue weighted by molar-refractivity contribution is 0.669. The summed E-state index contributed by atoms with van der Waals surface area (Å²) in [4.78, 5) is 2.34. The van der Waals surface area contributed by atoms with Crippen LogP contribution in [0.15, 0.2) is 180 Å². The lowest BCUT2D eigenvalue weighted by Crippen LogP contribution is -2.10. The molecule has 2 nitrogen and oxygen atoms in total. The first-order valence-electron chi connectivity index (χ1n) is 16.6. The van der Waals surface area contributed by atoms with Crippen LogP contribution in [0, 0.1) is 0 Å². The second-order valence-corrected chi connectivity index (χ2v) is 13.6. The molecule has 230 valence electrons. The van der Waals surface area contributed by atoms with Crippen molar-refractivity contribution < 1.29 is 4.42 Å². The van der Waals surface area contributed by atoms with Gasteiger partial charge in [-0.25, -0.2) is 0 Å². The third-order valence-electron chi connectivity index (χ3n) is 9.66. The van der Waals surface area contributed by atoms with E-state index in [-0.39, 0.29) is 0 Å². The largest absolute Gasteiger partial charge is 0.456 e. The molecule has 49 heavy (non-hydrogen) atoms. The number of benzene rings is 8. The number of thiophene rings is 1. The van der Waals surface area contributed by atoms with Gasteiger partial charge in [-0.15, -0.1) is 11.3 Å². The Morgan fingerprint density at radius 2 is 1.04 bits per heavy atom. The zero-order valence-electron chi connectivity index (χ0n) is 26.5. The molecule has 0 atom stereocenters. The average molecular weight is 644 g/mol. The van der Waals surface area contributed by atoms with E-state index in [1.807, 2.05) is 23.5 Å². The van der Waals surface area contributed by atoms with Crippen molar-refractivity contribution in [2.24, 2.45) is 0 Å². The maximum atomic E-state index is 6.38. The highest BCUT2D eigenvalue weighted by Crippen LogP contribution is 2.43. The molecule has 0 fully saturated rings. The first-order chi connectivity index (χ1) is 24.3. The van der Waals surface area contributed by atoms with Crippen LogP contribution in [0.1, 0.15) is 0 Å². The number of fused-ring (bicyclic) bond motifs is 7. The van der Waals surface area contributed by atoms with Crippen LogP contribution in [-0.2, 0) is 0 Å². The fraction of sp³-hybridized carbons (Fsp3) is 0. The van der Waals surface area contributed by atoms with E-state index in [0.29, 0.717) is 0 Å². The van der Waals surface area contributed by atoms with E-state index < -0.39 is 0 Å². The quantitative estimate of drug-likeness (QED) is 0.186. The van der Waals surface area contributed by atoms with Crippen LogP contribution >= 0.6 is 11.3 Å². The van der Waals surface area contributed by atoms with Crippen LogP contribution in [0.4, 0.5) is 17.1 Å². The predicted octanol–water partition coefficient (Wildman–Crippen LogP) is 13.9. The number of hydrogen-bond acceptors (Lipinski definition) is 3. The Balaban J connectivity index is 1.14. The van der Waals surface area contributed by atoms with Crippen molar-refractivity contribution >= 4 is 81.3 Å². The Labute approximate surface area is 287 Å². The van der Waals surface area contributed by atoms with Gasteiger partial charge in [0.15, 0.2) is 0 Å². The minimum atomic E-state index is 0.876. The number of furan rings is 1. The molecule has 10 aromatic rings. The summed E-state index contributed by atoms with van der Waals surface area (Å²) >= 11 is 1.86. The third-order valence-corrected chi connectivity index (χ3v) is 10.8. The Kier molecular flexibility index (Phi) is 6.39. The molecule has 0 amide bonds. The summed E-state index contributed by atoms with van der Waals surface area (Å²) in [5.41, 5.74) is 9.84. The van der Waals surface area contributed by atoms with Crippen molar-refractivity contribution in [3.05, 3.63) is 176 Å². The molecule has 0 bridgehead atoms. The van der Waals surface area contributed by atoms with Gasteiger partial charge in [-0.05, 0) is 87.6 Å². The Morgan fingerprint density at radius 3 is 1.96 bits per heavy atom. The fourth-order valence-electron chi connectivity index (χ4n) is 7.40. The topological polar surface area (TPSA) is 16.4 Å². The van der Waals surface area contributed by atoms with Crippen LogP contribution < -0.4 is 4.90 Å². The molecule has 0 unspecified atom stereocenters. The van der Waals surface area contributed by atoms with Crippen LogP contribution in [0.2, 0.25) is 0 Å². The molecule has 2 aromatic heterocycles. The number of anilines is 3. The van der Waals surface area contributed by atoms with Crippen molar-refractivity contribution in [2.45, 2.75) is 0 Å². The van der Waals surface area contributed by atoms with Gasteiger partial charge in [0.05, 0.1) is 0 Å². The van der Waals surface area contributed by atoms with Gasteiger partial charge < -0.3 is 9.32 Å². The lowest BCUT2D eigenvalue weighted by Gasteiger charge is -2.26. The average Bonchev–Trinajstić information content (AvgIpc) is 3.73. The number of para-hydroxylation sites is 1. The molecule has 0 saturated carbocycles. The van der Waals surface area contributed by atoms with E-state index in [0.717, 1.165) is 39.0 Å². The summed E-state index contributed by atoms with van der Waals surface area (Å²) in [6, 6.07) is 63.2. The van der Waals surface area contributed by atoms with E-state index in [4.69, 9.17) is 4.42 Å². The highest BCUT2D eigenvalue weighted by atomic mass is 32.1. The molecule has 10 rings (SSSR count). The molecule has 2 heterocycles. The number of nitrogens with zero attached hydrogens (tertiary/aromatic N) is 1. The molecular weight excluding hydrogens is 615 g/mol. The van der Waals surface area contributed by atoms with Gasteiger partial charge in [0, 0.05) is 54.1 Å². The highest BCUT2D eigenvalue weighted by Gasteiger charge is 2.18. The fourth-order valence-corrected chi connectivity index (χ4v) is 8.53. The van der Waals surface area contributed by atoms with Crippen molar-refractivity contribution in [1.29, 1.82) is 0 Å². The molecule has 0 aliphatic heterocycles. The zero-order valence-corrected chi connectivity index (χ0v) is 27.3. The van der Waals surface area contributed by atoms with Gasteiger partial charge in [0.1, 0.15) is 11.2 Å². The Bertz CT molecular complexity index is 2840. The Morgan fingerprint density at radius 1 is 0.388 bits per heavy atom. The first-order valence-corrected chi connectivity index (χ1v) is 17.4. The number of hydrogen-bond donors (Lipinski definition) is 0.